The molecule has 25 heavy (non-hydrogen) atoms. The Morgan fingerprint density at radius 3 is 2.84 bits per heavy atom. The molecule has 2 aromatic rings. The van der Waals surface area contributed by atoms with Crippen LogP contribution in [0.2, 0.25) is 0 Å². The molecule has 1 heterocycles. The number of carbonyl (C=O) groups is 2. The molecule has 132 valence electrons. The number of benzene rings is 1. The van der Waals surface area contributed by atoms with Gasteiger partial charge in [-0.1, -0.05) is 30.0 Å². The summed E-state index contributed by atoms with van der Waals surface area (Å²) in [6, 6.07) is 5.10. The van der Waals surface area contributed by atoms with Gasteiger partial charge in [-0.2, -0.15) is 0 Å². The smallest absolute Gasteiger partial charge is 0.318 e. The average Bonchev–Trinajstić information content (AvgIpc) is 2.94. The Hall–Kier alpha value is -2.88. The molecule has 3 N–H and O–H groups in total. The number of thioether (sulfide) groups is 1. The Morgan fingerprint density at radius 2 is 2.16 bits per heavy atom. The summed E-state index contributed by atoms with van der Waals surface area (Å²) in [5, 5.41) is 10.4. The SMILES string of the molecule is C=CCn1c(COc2ccccc2F)nnc1SCC(=O)NC(N)=O. The van der Waals surface area contributed by atoms with E-state index in [9.17, 15) is 14.0 Å². The summed E-state index contributed by atoms with van der Waals surface area (Å²) >= 11 is 1.07. The van der Waals surface area contributed by atoms with Gasteiger partial charge in [0.05, 0.1) is 5.75 Å². The van der Waals surface area contributed by atoms with E-state index >= 15 is 0 Å². The molecule has 0 unspecified atom stereocenters. The molecule has 0 bridgehead atoms. The van der Waals surface area contributed by atoms with Crippen molar-refractivity contribution >= 4 is 23.7 Å². The summed E-state index contributed by atoms with van der Waals surface area (Å²) < 4.78 is 20.7. The first-order valence-electron chi connectivity index (χ1n) is 7.13. The van der Waals surface area contributed by atoms with Crippen LogP contribution in [0.5, 0.6) is 5.75 Å². The summed E-state index contributed by atoms with van der Waals surface area (Å²) in [4.78, 5) is 22.1. The number of hydrogen-bond donors (Lipinski definition) is 2. The van der Waals surface area contributed by atoms with Gasteiger partial charge in [0.25, 0.3) is 0 Å². The van der Waals surface area contributed by atoms with E-state index in [0.717, 1.165) is 11.8 Å². The molecule has 0 fully saturated rings. The number of imide groups is 1. The first-order chi connectivity index (χ1) is 12.0. The van der Waals surface area contributed by atoms with Gasteiger partial charge < -0.3 is 10.5 Å². The molecule has 0 saturated heterocycles. The molecule has 0 aliphatic carbocycles. The number of ether oxygens (including phenoxy) is 1. The second-order valence-corrected chi connectivity index (χ2v) is 5.66. The number of carbonyl (C=O) groups excluding carboxylic acids is 2. The molecule has 0 spiro atoms. The first-order valence-corrected chi connectivity index (χ1v) is 8.12. The highest BCUT2D eigenvalue weighted by molar-refractivity contribution is 7.99. The third-order valence-electron chi connectivity index (χ3n) is 2.89. The number of nitrogens with one attached hydrogen (secondary N) is 1. The Labute approximate surface area is 147 Å². The minimum absolute atomic E-state index is 0.00415. The van der Waals surface area contributed by atoms with Crippen LogP contribution in [0.1, 0.15) is 5.82 Å². The van der Waals surface area contributed by atoms with Crippen LogP contribution in [0.3, 0.4) is 0 Å². The number of primary amides is 1. The van der Waals surface area contributed by atoms with Gasteiger partial charge in [-0.15, -0.1) is 16.8 Å². The molecule has 1 aromatic heterocycles. The molecule has 1 aromatic carbocycles. The molecule has 2 rings (SSSR count). The van der Waals surface area contributed by atoms with E-state index in [4.69, 9.17) is 10.5 Å². The second-order valence-electron chi connectivity index (χ2n) is 4.72. The summed E-state index contributed by atoms with van der Waals surface area (Å²) in [6.45, 7) is 4.03. The van der Waals surface area contributed by atoms with Crippen molar-refractivity contribution in [1.82, 2.24) is 20.1 Å². The largest absolute Gasteiger partial charge is 0.483 e. The van der Waals surface area contributed by atoms with Crippen molar-refractivity contribution < 1.29 is 18.7 Å². The van der Waals surface area contributed by atoms with Gasteiger partial charge in [0.2, 0.25) is 5.91 Å². The van der Waals surface area contributed by atoms with Crippen molar-refractivity contribution in [3.63, 3.8) is 0 Å². The monoisotopic (exact) mass is 365 g/mol. The Morgan fingerprint density at radius 1 is 1.40 bits per heavy atom. The van der Waals surface area contributed by atoms with Crippen LogP contribution in [-0.2, 0) is 17.9 Å². The summed E-state index contributed by atoms with van der Waals surface area (Å²) in [5.41, 5.74) is 4.88. The minimum Gasteiger partial charge on any atom is -0.483 e. The van der Waals surface area contributed by atoms with Crippen LogP contribution >= 0.6 is 11.8 Å². The molecule has 0 aliphatic heterocycles. The van der Waals surface area contributed by atoms with Gasteiger partial charge >= 0.3 is 6.03 Å². The summed E-state index contributed by atoms with van der Waals surface area (Å²) in [5.74, 6) is -0.539. The van der Waals surface area contributed by atoms with Gasteiger partial charge in [0, 0.05) is 6.54 Å². The Balaban J connectivity index is 2.05. The van der Waals surface area contributed by atoms with Crippen molar-refractivity contribution in [3.05, 3.63) is 48.6 Å². The molecule has 8 nitrogen and oxygen atoms in total. The number of halogens is 1. The molecule has 0 radical (unpaired) electrons. The van der Waals surface area contributed by atoms with E-state index in [2.05, 4.69) is 16.8 Å². The van der Waals surface area contributed by atoms with E-state index in [1.54, 1.807) is 22.8 Å². The highest BCUT2D eigenvalue weighted by Crippen LogP contribution is 2.20. The van der Waals surface area contributed by atoms with E-state index in [1.807, 2.05) is 5.32 Å². The second kappa shape index (κ2) is 8.83. The maximum Gasteiger partial charge on any atom is 0.318 e. The topological polar surface area (TPSA) is 112 Å². The van der Waals surface area contributed by atoms with Crippen molar-refractivity contribution in [2.45, 2.75) is 18.3 Å². The number of nitrogens with two attached hydrogens (primary N) is 1. The Kier molecular flexibility index (Phi) is 6.52. The fourth-order valence-electron chi connectivity index (χ4n) is 1.85. The number of rotatable bonds is 8. The lowest BCUT2D eigenvalue weighted by atomic mass is 10.3. The molecule has 0 saturated carbocycles. The highest BCUT2D eigenvalue weighted by Gasteiger charge is 2.15. The Bertz CT molecular complexity index is 780. The van der Waals surface area contributed by atoms with Gasteiger partial charge in [0.15, 0.2) is 22.5 Å². The van der Waals surface area contributed by atoms with Crippen molar-refractivity contribution in [3.8, 4) is 5.75 Å². The number of urea groups is 1. The zero-order chi connectivity index (χ0) is 18.2. The fourth-order valence-corrected chi connectivity index (χ4v) is 2.62. The highest BCUT2D eigenvalue weighted by atomic mass is 32.2. The van der Waals surface area contributed by atoms with Gasteiger partial charge in [-0.25, -0.2) is 9.18 Å². The molecule has 0 atom stereocenters. The third kappa shape index (κ3) is 5.31. The van der Waals surface area contributed by atoms with E-state index < -0.39 is 17.8 Å². The average molecular weight is 365 g/mol. The van der Waals surface area contributed by atoms with E-state index in [-0.39, 0.29) is 18.1 Å². The lowest BCUT2D eigenvalue weighted by molar-refractivity contribution is -0.117. The van der Waals surface area contributed by atoms with E-state index in [0.29, 0.717) is 17.5 Å². The van der Waals surface area contributed by atoms with Crippen LogP contribution in [0.25, 0.3) is 0 Å². The molecule has 10 heteroatoms. The zero-order valence-corrected chi connectivity index (χ0v) is 14.0. The van der Waals surface area contributed by atoms with Crippen LogP contribution in [0.15, 0.2) is 42.1 Å². The first kappa shape index (κ1) is 18.5. The zero-order valence-electron chi connectivity index (χ0n) is 13.1. The molecular formula is C15H16FN5O3S. The number of amides is 3. The van der Waals surface area contributed by atoms with Gasteiger partial charge in [0.1, 0.15) is 6.61 Å². The predicted octanol–water partition coefficient (Wildman–Crippen LogP) is 1.47. The molecular weight excluding hydrogens is 349 g/mol. The standard InChI is InChI=1S/C15H16FN5O3S/c1-2-7-21-12(8-24-11-6-4-3-5-10(11)16)19-20-15(21)25-9-13(22)18-14(17)23/h2-6H,1,7-9H2,(H3,17,18,22,23). The van der Waals surface area contributed by atoms with Gasteiger partial charge in [-0.3, -0.25) is 14.7 Å². The maximum absolute atomic E-state index is 13.6. The fraction of sp³-hybridized carbons (Fsp3) is 0.200. The minimum atomic E-state index is -0.919. The van der Waals surface area contributed by atoms with Crippen LogP contribution in [0, 0.1) is 5.82 Å². The number of hydrogen-bond acceptors (Lipinski definition) is 6. The third-order valence-corrected chi connectivity index (χ3v) is 3.86. The molecule has 3 amide bonds. The maximum atomic E-state index is 13.6. The number of allylic oxidation sites excluding steroid dienone is 1. The van der Waals surface area contributed by atoms with Crippen molar-refractivity contribution in [1.29, 1.82) is 0 Å². The van der Waals surface area contributed by atoms with Crippen molar-refractivity contribution in [2.24, 2.45) is 5.73 Å². The lowest BCUT2D eigenvalue weighted by Crippen LogP contribution is -2.36. The number of aromatic nitrogens is 3. The van der Waals surface area contributed by atoms with E-state index in [1.165, 1.54) is 12.1 Å². The van der Waals surface area contributed by atoms with Crippen LogP contribution < -0.4 is 15.8 Å². The quantitative estimate of drug-likeness (QED) is 0.541. The number of para-hydroxylation sites is 1. The summed E-state index contributed by atoms with van der Waals surface area (Å²) in [7, 11) is 0. The van der Waals surface area contributed by atoms with Crippen molar-refractivity contribution in [2.75, 3.05) is 5.75 Å². The molecule has 0 aliphatic rings. The lowest BCUT2D eigenvalue weighted by Gasteiger charge is -2.09. The predicted molar refractivity (Wildman–Crippen MR) is 89.4 cm³/mol. The van der Waals surface area contributed by atoms with Gasteiger partial charge in [-0.05, 0) is 12.1 Å². The van der Waals surface area contributed by atoms with Crippen LogP contribution in [0.4, 0.5) is 9.18 Å². The normalized spacial score (nSPS) is 10.3. The van der Waals surface area contributed by atoms with Crippen LogP contribution in [-0.4, -0.2) is 32.5 Å². The summed E-state index contributed by atoms with van der Waals surface area (Å²) in [6.07, 6.45) is 1.63. The number of nitrogens with zero attached hydrogens (tertiary/aromatic N) is 3.